The van der Waals surface area contributed by atoms with Crippen LogP contribution in [0.2, 0.25) is 10.0 Å². The molecule has 0 fully saturated rings. The van der Waals surface area contributed by atoms with Crippen LogP contribution >= 0.6 is 23.2 Å². The van der Waals surface area contributed by atoms with Gasteiger partial charge in [0.15, 0.2) is 5.78 Å². The van der Waals surface area contributed by atoms with Crippen LogP contribution in [0, 0.1) is 0 Å². The molecule has 2 rings (SSSR count). The largest absolute Gasteiger partial charge is 0.477 e. The van der Waals surface area contributed by atoms with Crippen LogP contribution in [0.1, 0.15) is 26.4 Å². The Morgan fingerprint density at radius 3 is 2.50 bits per heavy atom. The van der Waals surface area contributed by atoms with Gasteiger partial charge in [-0.05, 0) is 24.3 Å². The highest BCUT2D eigenvalue weighted by Gasteiger charge is 2.16. The van der Waals surface area contributed by atoms with Gasteiger partial charge in [-0.25, -0.2) is 4.79 Å². The van der Waals surface area contributed by atoms with Crippen LogP contribution < -0.4 is 0 Å². The van der Waals surface area contributed by atoms with Crippen LogP contribution in [0.15, 0.2) is 30.5 Å². The molecule has 0 radical (unpaired) electrons. The predicted octanol–water partition coefficient (Wildman–Crippen LogP) is 3.25. The molecule has 0 saturated heterocycles. The number of carboxylic acids is 1. The average Bonchev–Trinajstić information content (AvgIpc) is 2.81. The van der Waals surface area contributed by atoms with E-state index in [0.717, 1.165) is 0 Å². The van der Waals surface area contributed by atoms with Crippen molar-refractivity contribution in [3.63, 3.8) is 0 Å². The lowest BCUT2D eigenvalue weighted by molar-refractivity contribution is 0.0691. The van der Waals surface area contributed by atoms with E-state index in [1.54, 1.807) is 6.07 Å². The summed E-state index contributed by atoms with van der Waals surface area (Å²) in [5, 5.41) is 9.41. The molecular weight excluding hydrogens is 277 g/mol. The molecule has 6 heteroatoms. The molecule has 0 atom stereocenters. The van der Waals surface area contributed by atoms with Gasteiger partial charge >= 0.3 is 5.97 Å². The molecule has 0 aliphatic heterocycles. The van der Waals surface area contributed by atoms with Gasteiger partial charge in [0.25, 0.3) is 0 Å². The molecule has 2 N–H and O–H groups in total. The van der Waals surface area contributed by atoms with Crippen molar-refractivity contribution in [2.75, 3.05) is 0 Å². The number of carbonyl (C=O) groups excluding carboxylic acids is 1. The number of ketones is 1. The second-order valence-electron chi connectivity index (χ2n) is 3.56. The monoisotopic (exact) mass is 283 g/mol. The Hall–Kier alpha value is -1.78. The summed E-state index contributed by atoms with van der Waals surface area (Å²) in [4.78, 5) is 25.3. The van der Waals surface area contributed by atoms with Crippen LogP contribution in [0.3, 0.4) is 0 Å². The lowest BCUT2D eigenvalue weighted by atomic mass is 10.1. The molecule has 1 aromatic heterocycles. The highest BCUT2D eigenvalue weighted by Crippen LogP contribution is 2.23. The third-order valence-electron chi connectivity index (χ3n) is 2.35. The van der Waals surface area contributed by atoms with Gasteiger partial charge in [-0.15, -0.1) is 0 Å². The maximum Gasteiger partial charge on any atom is 0.352 e. The summed E-state index contributed by atoms with van der Waals surface area (Å²) in [7, 11) is 0. The fraction of sp³-hybridized carbons (Fsp3) is 0. The summed E-state index contributed by atoms with van der Waals surface area (Å²) in [6, 6.07) is 5.78. The number of halogens is 2. The second kappa shape index (κ2) is 4.84. The van der Waals surface area contributed by atoms with Crippen molar-refractivity contribution < 1.29 is 14.7 Å². The quantitative estimate of drug-likeness (QED) is 0.850. The minimum Gasteiger partial charge on any atom is -0.477 e. The van der Waals surface area contributed by atoms with Gasteiger partial charge in [-0.2, -0.15) is 0 Å². The standard InChI is InChI=1S/C12H7Cl2NO3/c13-7-1-2-9(14)8(4-7)11(16)6-3-10(12(17)18)15-5-6/h1-5,15H,(H,17,18). The molecule has 0 spiro atoms. The Morgan fingerprint density at radius 2 is 1.89 bits per heavy atom. The van der Waals surface area contributed by atoms with E-state index in [0.29, 0.717) is 5.02 Å². The number of hydrogen-bond donors (Lipinski definition) is 2. The minimum absolute atomic E-state index is 0.0588. The number of aromatic nitrogens is 1. The van der Waals surface area contributed by atoms with Gasteiger partial charge in [0.05, 0.1) is 5.02 Å². The van der Waals surface area contributed by atoms with Crippen LogP contribution in [-0.4, -0.2) is 21.8 Å². The zero-order valence-electron chi connectivity index (χ0n) is 8.91. The summed E-state index contributed by atoms with van der Waals surface area (Å²) >= 11 is 11.7. The number of aromatic carboxylic acids is 1. The van der Waals surface area contributed by atoms with Gasteiger partial charge in [-0.1, -0.05) is 23.2 Å². The van der Waals surface area contributed by atoms with E-state index in [1.165, 1.54) is 24.4 Å². The van der Waals surface area contributed by atoms with Crippen LogP contribution in [-0.2, 0) is 0 Å². The van der Waals surface area contributed by atoms with Crippen molar-refractivity contribution in [3.05, 3.63) is 57.3 Å². The van der Waals surface area contributed by atoms with E-state index in [-0.39, 0.29) is 27.6 Å². The molecule has 0 amide bonds. The van der Waals surface area contributed by atoms with E-state index in [9.17, 15) is 9.59 Å². The summed E-state index contributed by atoms with van der Waals surface area (Å²) < 4.78 is 0. The van der Waals surface area contributed by atoms with Crippen molar-refractivity contribution in [2.45, 2.75) is 0 Å². The fourth-order valence-electron chi connectivity index (χ4n) is 1.48. The molecule has 92 valence electrons. The highest BCUT2D eigenvalue weighted by atomic mass is 35.5. The molecule has 0 aliphatic carbocycles. The van der Waals surface area contributed by atoms with Crippen molar-refractivity contribution in [1.82, 2.24) is 4.98 Å². The van der Waals surface area contributed by atoms with Gasteiger partial charge in [0.2, 0.25) is 0 Å². The van der Waals surface area contributed by atoms with E-state index in [2.05, 4.69) is 4.98 Å². The summed E-state index contributed by atoms with van der Waals surface area (Å²) in [5.74, 6) is -1.52. The number of aromatic amines is 1. The molecular formula is C12H7Cl2NO3. The molecule has 0 unspecified atom stereocenters. The number of carboxylic acid groups (broad SMARTS) is 1. The number of carbonyl (C=O) groups is 2. The summed E-state index contributed by atoms with van der Waals surface area (Å²) in [6.07, 6.45) is 1.32. The number of hydrogen-bond acceptors (Lipinski definition) is 2. The molecule has 0 aliphatic rings. The van der Waals surface area contributed by atoms with E-state index in [4.69, 9.17) is 28.3 Å². The normalized spacial score (nSPS) is 10.3. The lowest BCUT2D eigenvalue weighted by Crippen LogP contribution is -2.01. The summed E-state index contributed by atoms with van der Waals surface area (Å²) in [6.45, 7) is 0. The van der Waals surface area contributed by atoms with Crippen LogP contribution in [0.4, 0.5) is 0 Å². The molecule has 2 aromatic rings. The smallest absolute Gasteiger partial charge is 0.352 e. The number of rotatable bonds is 3. The highest BCUT2D eigenvalue weighted by molar-refractivity contribution is 6.36. The molecule has 0 bridgehead atoms. The van der Waals surface area contributed by atoms with Gasteiger partial charge in [0.1, 0.15) is 5.69 Å². The zero-order chi connectivity index (χ0) is 13.3. The Balaban J connectivity index is 2.41. The minimum atomic E-state index is -1.13. The second-order valence-corrected chi connectivity index (χ2v) is 4.40. The Kier molecular flexibility index (Phi) is 3.41. The number of nitrogens with one attached hydrogen (secondary N) is 1. The maximum atomic E-state index is 12.1. The third-order valence-corrected chi connectivity index (χ3v) is 2.91. The predicted molar refractivity (Wildman–Crippen MR) is 67.6 cm³/mol. The summed E-state index contributed by atoms with van der Waals surface area (Å²) in [5.41, 5.74) is 0.396. The topological polar surface area (TPSA) is 70.2 Å². The fourth-order valence-corrected chi connectivity index (χ4v) is 1.85. The Bertz CT molecular complexity index is 634. The van der Waals surface area contributed by atoms with Crippen molar-refractivity contribution >= 4 is 35.0 Å². The molecule has 4 nitrogen and oxygen atoms in total. The Labute approximate surface area is 112 Å². The van der Waals surface area contributed by atoms with Gasteiger partial charge in [-0.3, -0.25) is 4.79 Å². The van der Waals surface area contributed by atoms with Crippen molar-refractivity contribution in [1.29, 1.82) is 0 Å². The average molecular weight is 284 g/mol. The first-order chi connectivity index (χ1) is 8.49. The van der Waals surface area contributed by atoms with Gasteiger partial charge in [0, 0.05) is 22.3 Å². The SMILES string of the molecule is O=C(O)c1cc(C(=O)c2cc(Cl)ccc2Cl)c[nH]1. The van der Waals surface area contributed by atoms with E-state index in [1.807, 2.05) is 0 Å². The zero-order valence-corrected chi connectivity index (χ0v) is 10.4. The molecule has 1 aromatic carbocycles. The first kappa shape index (κ1) is 12.7. The third kappa shape index (κ3) is 2.39. The first-order valence-corrected chi connectivity index (χ1v) is 5.66. The van der Waals surface area contributed by atoms with E-state index < -0.39 is 5.97 Å². The van der Waals surface area contributed by atoms with Crippen molar-refractivity contribution in [2.24, 2.45) is 0 Å². The number of H-pyrrole nitrogens is 1. The maximum absolute atomic E-state index is 12.1. The Morgan fingerprint density at radius 1 is 1.17 bits per heavy atom. The molecule has 1 heterocycles. The first-order valence-electron chi connectivity index (χ1n) is 4.90. The molecule has 0 saturated carbocycles. The van der Waals surface area contributed by atoms with Crippen LogP contribution in [0.25, 0.3) is 0 Å². The van der Waals surface area contributed by atoms with Gasteiger partial charge < -0.3 is 10.1 Å². The molecule has 18 heavy (non-hydrogen) atoms. The number of benzene rings is 1. The van der Waals surface area contributed by atoms with Crippen molar-refractivity contribution in [3.8, 4) is 0 Å². The van der Waals surface area contributed by atoms with E-state index >= 15 is 0 Å². The van der Waals surface area contributed by atoms with Crippen LogP contribution in [0.5, 0.6) is 0 Å². The lowest BCUT2D eigenvalue weighted by Gasteiger charge is -2.02.